The van der Waals surface area contributed by atoms with E-state index in [0.29, 0.717) is 6.42 Å². The predicted molar refractivity (Wildman–Crippen MR) is 188 cm³/mol. The van der Waals surface area contributed by atoms with E-state index in [1.165, 1.54) is 0 Å². The van der Waals surface area contributed by atoms with Gasteiger partial charge in [0, 0.05) is 44.3 Å². The molecular weight excluding hydrogens is 720 g/mol. The second kappa shape index (κ2) is 20.2. The van der Waals surface area contributed by atoms with E-state index in [2.05, 4.69) is 0 Å². The van der Waals surface area contributed by atoms with Gasteiger partial charge in [-0.15, -0.1) is 0 Å². The van der Waals surface area contributed by atoms with E-state index in [9.17, 15) is 40.9 Å². The smallest absolute Gasteiger partial charge is 0.176 e. The molecule has 0 radical (unpaired) electrons. The molecule has 0 spiro atoms. The fourth-order valence-corrected chi connectivity index (χ4v) is 7.67. The van der Waals surface area contributed by atoms with Crippen LogP contribution in [0.25, 0.3) is 0 Å². The first kappa shape index (κ1) is 45.8. The van der Waals surface area contributed by atoms with Crippen molar-refractivity contribution < 1.29 is 69.3 Å². The van der Waals surface area contributed by atoms with Gasteiger partial charge >= 0.3 is 0 Å². The second-order valence-corrected chi connectivity index (χ2v) is 15.4. The molecule has 0 bridgehead atoms. The zero-order chi connectivity index (χ0) is 40.2. The highest BCUT2D eigenvalue weighted by Crippen LogP contribution is 2.32. The number of rotatable bonds is 16. The van der Waals surface area contributed by atoms with Crippen LogP contribution in [0.15, 0.2) is 0 Å². The summed E-state index contributed by atoms with van der Waals surface area (Å²) in [5.74, 6) is -0.281. The first-order chi connectivity index (χ1) is 25.4. The van der Waals surface area contributed by atoms with Crippen molar-refractivity contribution in [3.63, 3.8) is 0 Å². The summed E-state index contributed by atoms with van der Waals surface area (Å²) in [5, 5.41) is 85.0. The number of likely N-dealkylation sites (N-methyl/N-ethyl adjacent to an activating group) is 1. The minimum absolute atomic E-state index is 0.00939. The summed E-state index contributed by atoms with van der Waals surface area (Å²) < 4.78 is 35.4. The molecule has 22 nitrogen and oxygen atoms in total. The zero-order valence-corrected chi connectivity index (χ0v) is 30.9. The van der Waals surface area contributed by atoms with E-state index < -0.39 is 128 Å². The van der Waals surface area contributed by atoms with Crippen LogP contribution < -0.4 is 40.1 Å². The molecule has 2 heterocycles. The fraction of sp³-hybridized carbons (Fsp3) is 1.00. The standard InChI is InChI=1S/C32H66N8O14/c1-11-3-15(36)27(53-31-19(38)25(47)23(45)17(5-33)51-31)29(21(11)43)49-9-12(41)7-40(2)8-13(42)10-50-30-22(44)14(35)4-16(37)28(30)54-32-20(39)26(48)24(46)18(6-34)52-32/h11-32,41-48H,3-10,33-39H2,1-2H3/t11?,12-,13-,14?,15?,16?,17?,18?,19?,20?,21?,22?,23?,24?,25?,26?,27?,28?,29?,30?,31?,32?/m1/s1. The van der Waals surface area contributed by atoms with Gasteiger partial charge in [0.25, 0.3) is 0 Å². The van der Waals surface area contributed by atoms with Crippen molar-refractivity contribution in [3.05, 3.63) is 0 Å². The van der Waals surface area contributed by atoms with Crippen LogP contribution in [0.3, 0.4) is 0 Å². The first-order valence-corrected chi connectivity index (χ1v) is 18.6. The Morgan fingerprint density at radius 2 is 1.00 bits per heavy atom. The molecule has 318 valence electrons. The molecule has 54 heavy (non-hydrogen) atoms. The van der Waals surface area contributed by atoms with Gasteiger partial charge in [-0.1, -0.05) is 6.92 Å². The van der Waals surface area contributed by atoms with Crippen LogP contribution in [0.1, 0.15) is 19.8 Å². The SMILES string of the molecule is CC1CC(N)C(OC2OC(CN)C(O)C(O)C2N)C(OC[C@H](O)CN(C)C[C@@H](O)COC2C(O)C(N)CC(N)C2OC2OC(CN)C(O)C(O)C2N)C1O. The molecule has 4 rings (SSSR count). The molecule has 20 unspecified atom stereocenters. The molecule has 22 atom stereocenters. The summed E-state index contributed by atoms with van der Waals surface area (Å²) in [4.78, 5) is 1.62. The Morgan fingerprint density at radius 1 is 0.593 bits per heavy atom. The maximum Gasteiger partial charge on any atom is 0.176 e. The van der Waals surface area contributed by atoms with E-state index >= 15 is 0 Å². The molecule has 2 aliphatic heterocycles. The van der Waals surface area contributed by atoms with Gasteiger partial charge in [-0.3, -0.25) is 0 Å². The van der Waals surface area contributed by atoms with E-state index in [1.807, 2.05) is 0 Å². The summed E-state index contributed by atoms with van der Waals surface area (Å²) in [7, 11) is 1.64. The molecule has 0 aromatic rings. The maximum absolute atomic E-state index is 11.1. The summed E-state index contributed by atoms with van der Waals surface area (Å²) in [6.45, 7) is 1.04. The third-order valence-corrected chi connectivity index (χ3v) is 10.9. The minimum atomic E-state index is -1.41. The monoisotopic (exact) mass is 786 g/mol. The number of aliphatic hydroxyl groups is 8. The lowest BCUT2D eigenvalue weighted by Gasteiger charge is -2.47. The Bertz CT molecular complexity index is 1050. The molecule has 4 fully saturated rings. The van der Waals surface area contributed by atoms with E-state index in [1.54, 1.807) is 18.9 Å². The van der Waals surface area contributed by atoms with Gasteiger partial charge in [-0.05, 0) is 25.8 Å². The highest BCUT2D eigenvalue weighted by Gasteiger charge is 2.50. The van der Waals surface area contributed by atoms with Crippen molar-refractivity contribution >= 4 is 0 Å². The zero-order valence-electron chi connectivity index (χ0n) is 30.9. The second-order valence-electron chi connectivity index (χ2n) is 15.4. The van der Waals surface area contributed by atoms with Gasteiger partial charge in [0.1, 0.15) is 61.0 Å². The van der Waals surface area contributed by atoms with Crippen molar-refractivity contribution in [1.29, 1.82) is 0 Å². The van der Waals surface area contributed by atoms with Crippen LogP contribution in [-0.2, 0) is 28.4 Å². The molecule has 4 aliphatic rings. The van der Waals surface area contributed by atoms with Crippen molar-refractivity contribution in [2.45, 2.75) is 148 Å². The molecule has 0 amide bonds. The molecule has 2 saturated carbocycles. The average molecular weight is 787 g/mol. The van der Waals surface area contributed by atoms with Gasteiger partial charge in [-0.25, -0.2) is 0 Å². The van der Waals surface area contributed by atoms with Crippen LogP contribution in [0, 0.1) is 5.92 Å². The lowest BCUT2D eigenvalue weighted by atomic mass is 9.80. The van der Waals surface area contributed by atoms with E-state index in [-0.39, 0.29) is 51.7 Å². The number of hydrogen-bond donors (Lipinski definition) is 15. The van der Waals surface area contributed by atoms with Crippen molar-refractivity contribution in [3.8, 4) is 0 Å². The normalized spacial score (nSPS) is 47.4. The Morgan fingerprint density at radius 3 is 1.43 bits per heavy atom. The first-order valence-electron chi connectivity index (χ1n) is 18.6. The number of nitrogens with zero attached hydrogens (tertiary/aromatic N) is 1. The molecule has 22 heteroatoms. The Labute approximate surface area is 314 Å². The molecule has 2 saturated heterocycles. The summed E-state index contributed by atoms with van der Waals surface area (Å²) >= 11 is 0. The quantitative estimate of drug-likeness (QED) is 0.0690. The molecule has 22 N–H and O–H groups in total. The number of ether oxygens (including phenoxy) is 6. The molecule has 2 aliphatic carbocycles. The fourth-order valence-electron chi connectivity index (χ4n) is 7.67. The third-order valence-electron chi connectivity index (χ3n) is 10.9. The van der Waals surface area contributed by atoms with Crippen molar-refractivity contribution in [2.24, 2.45) is 46.1 Å². The Kier molecular flexibility index (Phi) is 17.1. The largest absolute Gasteiger partial charge is 0.390 e. The number of hydrogen-bond acceptors (Lipinski definition) is 22. The molecule has 0 aromatic heterocycles. The van der Waals surface area contributed by atoms with E-state index in [0.717, 1.165) is 0 Å². The van der Waals surface area contributed by atoms with Crippen LogP contribution >= 0.6 is 0 Å². The van der Waals surface area contributed by atoms with Crippen LogP contribution in [-0.4, -0.2) is 220 Å². The van der Waals surface area contributed by atoms with Gasteiger partial charge in [-0.2, -0.15) is 0 Å². The Balaban J connectivity index is 1.30. The summed E-state index contributed by atoms with van der Waals surface area (Å²) in [5.41, 5.74) is 42.4. The number of nitrogens with two attached hydrogens (primary N) is 7. The molecule has 0 aromatic carbocycles. The van der Waals surface area contributed by atoms with E-state index in [4.69, 9.17) is 68.6 Å². The van der Waals surface area contributed by atoms with Crippen LogP contribution in [0.5, 0.6) is 0 Å². The summed E-state index contributed by atoms with van der Waals surface area (Å²) in [6, 6.07) is -4.48. The van der Waals surface area contributed by atoms with Crippen LogP contribution in [0.2, 0.25) is 0 Å². The topological polar surface area (TPSA) is 403 Å². The highest BCUT2D eigenvalue weighted by atomic mass is 16.7. The predicted octanol–water partition coefficient (Wildman–Crippen LogP) is -9.21. The lowest BCUT2D eigenvalue weighted by Crippen LogP contribution is -2.68. The Hall–Kier alpha value is -0.880. The van der Waals surface area contributed by atoms with Gasteiger partial charge in [0.05, 0.1) is 49.7 Å². The van der Waals surface area contributed by atoms with Crippen LogP contribution in [0.4, 0.5) is 0 Å². The van der Waals surface area contributed by atoms with Gasteiger partial charge in [0.2, 0.25) is 0 Å². The molecular formula is C32H66N8O14. The van der Waals surface area contributed by atoms with Crippen molar-refractivity contribution in [1.82, 2.24) is 4.90 Å². The highest BCUT2D eigenvalue weighted by molar-refractivity contribution is 5.01. The lowest BCUT2D eigenvalue weighted by molar-refractivity contribution is -0.293. The van der Waals surface area contributed by atoms with Gasteiger partial charge < -0.3 is 114 Å². The number of aliphatic hydroxyl groups excluding tert-OH is 8. The van der Waals surface area contributed by atoms with Crippen molar-refractivity contribution in [2.75, 3.05) is 46.4 Å². The average Bonchev–Trinajstić information content (AvgIpc) is 3.12. The maximum atomic E-state index is 11.1. The summed E-state index contributed by atoms with van der Waals surface area (Å²) in [6.07, 6.45) is -18.0. The van der Waals surface area contributed by atoms with Gasteiger partial charge in [0.15, 0.2) is 12.6 Å². The third kappa shape index (κ3) is 10.8. The minimum Gasteiger partial charge on any atom is -0.390 e.